The van der Waals surface area contributed by atoms with Crippen LogP contribution in [0, 0.1) is 0 Å². The lowest BCUT2D eigenvalue weighted by Crippen LogP contribution is -2.17. The molecular weight excluding hydrogens is 370 g/mol. The summed E-state index contributed by atoms with van der Waals surface area (Å²) in [6.07, 6.45) is 9.64. The molecule has 0 aliphatic heterocycles. The molecule has 0 spiro atoms. The molecule has 0 saturated carbocycles. The number of nitrogens with one attached hydrogen (secondary N) is 1. The predicted octanol–water partition coefficient (Wildman–Crippen LogP) is 4.17. The number of aromatic nitrogens is 4. The average molecular weight is 386 g/mol. The second kappa shape index (κ2) is 7.63. The molecular formula is C18H16ClN5OS. The minimum Gasteiger partial charge on any atom is -0.366 e. The van der Waals surface area contributed by atoms with Gasteiger partial charge in [0.05, 0.1) is 5.39 Å². The number of nitrogens with zero attached hydrogens (tertiary/aromatic N) is 4. The largest absolute Gasteiger partial charge is 0.366 e. The van der Waals surface area contributed by atoms with Crippen LogP contribution in [0.3, 0.4) is 0 Å². The highest BCUT2D eigenvalue weighted by Crippen LogP contribution is 2.32. The van der Waals surface area contributed by atoms with Gasteiger partial charge in [0.15, 0.2) is 0 Å². The Bertz CT molecular complexity index is 1130. The summed E-state index contributed by atoms with van der Waals surface area (Å²) in [6, 6.07) is 0. The van der Waals surface area contributed by atoms with Crippen LogP contribution in [0.4, 0.5) is 5.82 Å². The number of fused-ring (bicyclic) bond motifs is 3. The van der Waals surface area contributed by atoms with E-state index in [0.29, 0.717) is 38.1 Å². The summed E-state index contributed by atoms with van der Waals surface area (Å²) in [5, 5.41) is 4.39. The molecule has 1 N–H and O–H groups in total. The summed E-state index contributed by atoms with van der Waals surface area (Å²) < 4.78 is 2.00. The number of hydrogen-bond donors (Lipinski definition) is 1. The van der Waals surface area contributed by atoms with Crippen molar-refractivity contribution in [2.24, 2.45) is 0 Å². The Morgan fingerprint density at radius 2 is 2.15 bits per heavy atom. The summed E-state index contributed by atoms with van der Waals surface area (Å²) in [7, 11) is 0. The molecule has 132 valence electrons. The van der Waals surface area contributed by atoms with Crippen molar-refractivity contribution in [3.8, 4) is 0 Å². The topological polar surface area (TPSA) is 72.7 Å². The number of anilines is 1. The van der Waals surface area contributed by atoms with Crippen molar-refractivity contribution < 1.29 is 0 Å². The van der Waals surface area contributed by atoms with Gasteiger partial charge in [-0.1, -0.05) is 30.3 Å². The van der Waals surface area contributed by atoms with Gasteiger partial charge in [-0.15, -0.1) is 17.9 Å². The molecule has 3 rings (SSSR count). The van der Waals surface area contributed by atoms with Gasteiger partial charge >= 0.3 is 0 Å². The van der Waals surface area contributed by atoms with Crippen molar-refractivity contribution >= 4 is 54.9 Å². The van der Waals surface area contributed by atoms with Crippen LogP contribution >= 0.6 is 22.9 Å². The van der Waals surface area contributed by atoms with Gasteiger partial charge < -0.3 is 5.32 Å². The number of thiophene rings is 1. The third-order valence-electron chi connectivity index (χ3n) is 3.65. The second-order valence-corrected chi connectivity index (χ2v) is 6.77. The van der Waals surface area contributed by atoms with E-state index in [1.807, 2.05) is 6.92 Å². The molecule has 3 aromatic heterocycles. The first-order valence-corrected chi connectivity index (χ1v) is 8.92. The minimum atomic E-state index is -0.162. The van der Waals surface area contributed by atoms with E-state index >= 15 is 0 Å². The first kappa shape index (κ1) is 18.0. The molecule has 0 aromatic carbocycles. The summed E-state index contributed by atoms with van der Waals surface area (Å²) >= 11 is 7.21. The molecule has 26 heavy (non-hydrogen) atoms. The van der Waals surface area contributed by atoms with Gasteiger partial charge in [0, 0.05) is 17.3 Å². The van der Waals surface area contributed by atoms with Crippen LogP contribution in [0.15, 0.2) is 59.9 Å². The molecule has 3 heterocycles. The van der Waals surface area contributed by atoms with E-state index in [4.69, 9.17) is 11.6 Å². The molecule has 0 amide bonds. The van der Waals surface area contributed by atoms with Crippen molar-refractivity contribution in [1.82, 2.24) is 19.5 Å². The van der Waals surface area contributed by atoms with Crippen molar-refractivity contribution in [3.63, 3.8) is 0 Å². The summed E-state index contributed by atoms with van der Waals surface area (Å²) in [5.41, 5.74) is 1.12. The maximum atomic E-state index is 12.9. The highest BCUT2D eigenvalue weighted by Gasteiger charge is 2.16. The lowest BCUT2D eigenvalue weighted by Gasteiger charge is -2.05. The Labute approximate surface area is 158 Å². The van der Waals surface area contributed by atoms with E-state index in [9.17, 15) is 4.79 Å². The molecule has 0 saturated heterocycles. The van der Waals surface area contributed by atoms with Crippen LogP contribution in [-0.4, -0.2) is 26.1 Å². The van der Waals surface area contributed by atoms with Crippen LogP contribution in [0.5, 0.6) is 0 Å². The fraction of sp³-hybridized carbons (Fsp3) is 0.111. The van der Waals surface area contributed by atoms with E-state index in [2.05, 4.69) is 33.4 Å². The number of rotatable bonds is 6. The Hall–Kier alpha value is -2.77. The zero-order valence-corrected chi connectivity index (χ0v) is 15.6. The van der Waals surface area contributed by atoms with Gasteiger partial charge in [-0.3, -0.25) is 9.36 Å². The standard InChI is InChI=1S/C18H16ClN5OS/c1-4-8-20-16-13-14-15(26-17(13)22-9-21-16)18(25)24(10-23-14)11(3)6-7-12(19)5-2/h4-7,9-10H,1-2,8H2,3H3,(H,20,21,22)/b11-6+,12-7+. The number of halogens is 1. The molecule has 0 atom stereocenters. The Kier molecular flexibility index (Phi) is 5.29. The number of allylic oxidation sites excluding steroid dienone is 5. The molecule has 3 aromatic rings. The average Bonchev–Trinajstić information content (AvgIpc) is 3.04. The van der Waals surface area contributed by atoms with Crippen LogP contribution in [0.2, 0.25) is 0 Å². The highest BCUT2D eigenvalue weighted by molar-refractivity contribution is 7.25. The maximum Gasteiger partial charge on any atom is 0.275 e. The van der Waals surface area contributed by atoms with Gasteiger partial charge in [-0.05, 0) is 19.1 Å². The lowest BCUT2D eigenvalue weighted by atomic mass is 10.3. The van der Waals surface area contributed by atoms with E-state index < -0.39 is 0 Å². The molecule has 0 fully saturated rings. The van der Waals surface area contributed by atoms with E-state index in [1.54, 1.807) is 18.2 Å². The maximum absolute atomic E-state index is 12.9. The van der Waals surface area contributed by atoms with E-state index in [1.165, 1.54) is 34.6 Å². The van der Waals surface area contributed by atoms with Crippen molar-refractivity contribution in [3.05, 3.63) is 65.5 Å². The summed E-state index contributed by atoms with van der Waals surface area (Å²) in [6.45, 7) is 9.64. The van der Waals surface area contributed by atoms with Crippen LogP contribution in [0.1, 0.15) is 6.92 Å². The Morgan fingerprint density at radius 1 is 1.35 bits per heavy atom. The number of hydrogen-bond acceptors (Lipinski definition) is 6. The van der Waals surface area contributed by atoms with Crippen molar-refractivity contribution in [2.45, 2.75) is 6.92 Å². The van der Waals surface area contributed by atoms with Gasteiger partial charge in [0.2, 0.25) is 0 Å². The summed E-state index contributed by atoms with van der Waals surface area (Å²) in [4.78, 5) is 26.6. The predicted molar refractivity (Wildman–Crippen MR) is 110 cm³/mol. The zero-order chi connectivity index (χ0) is 18.7. The third-order valence-corrected chi connectivity index (χ3v) is 5.01. The fourth-order valence-corrected chi connectivity index (χ4v) is 3.46. The fourth-order valence-electron chi connectivity index (χ4n) is 2.37. The Balaban J connectivity index is 2.19. The molecule has 8 heteroatoms. The minimum absolute atomic E-state index is 0.162. The normalized spacial score (nSPS) is 12.5. The summed E-state index contributed by atoms with van der Waals surface area (Å²) in [5.74, 6) is 0.638. The van der Waals surface area contributed by atoms with Crippen LogP contribution in [0.25, 0.3) is 26.1 Å². The first-order valence-electron chi connectivity index (χ1n) is 7.73. The molecule has 0 bridgehead atoms. The quantitative estimate of drug-likeness (QED) is 0.509. The molecule has 0 radical (unpaired) electrons. The third kappa shape index (κ3) is 3.31. The molecule has 0 aliphatic rings. The van der Waals surface area contributed by atoms with Crippen LogP contribution in [-0.2, 0) is 0 Å². The SMILES string of the molecule is C=CCNc1ncnc2sc3c(=O)n(/C(C)=C/C=C(/Cl)C=C)cnc3c12. The molecule has 6 nitrogen and oxygen atoms in total. The van der Waals surface area contributed by atoms with Crippen molar-refractivity contribution in [1.29, 1.82) is 0 Å². The highest BCUT2D eigenvalue weighted by atomic mass is 35.5. The van der Waals surface area contributed by atoms with Crippen LogP contribution < -0.4 is 10.9 Å². The Morgan fingerprint density at radius 3 is 2.88 bits per heavy atom. The van der Waals surface area contributed by atoms with Gasteiger partial charge in [-0.2, -0.15) is 0 Å². The van der Waals surface area contributed by atoms with Gasteiger partial charge in [0.1, 0.15) is 33.5 Å². The van der Waals surface area contributed by atoms with Gasteiger partial charge in [0.25, 0.3) is 5.56 Å². The smallest absolute Gasteiger partial charge is 0.275 e. The molecule has 0 unspecified atom stereocenters. The second-order valence-electron chi connectivity index (χ2n) is 5.34. The first-order chi connectivity index (χ1) is 12.6. The lowest BCUT2D eigenvalue weighted by molar-refractivity contribution is 0.983. The van der Waals surface area contributed by atoms with Crippen molar-refractivity contribution in [2.75, 3.05) is 11.9 Å². The zero-order valence-electron chi connectivity index (χ0n) is 14.1. The molecule has 0 aliphatic carbocycles. The van der Waals surface area contributed by atoms with E-state index in [0.717, 1.165) is 5.39 Å². The monoisotopic (exact) mass is 385 g/mol. The van der Waals surface area contributed by atoms with Gasteiger partial charge in [-0.25, -0.2) is 15.0 Å². The van der Waals surface area contributed by atoms with E-state index in [-0.39, 0.29) is 5.56 Å².